The molecule has 1 aromatic carbocycles. The number of hydrogen-bond acceptors (Lipinski definition) is 3. The van der Waals surface area contributed by atoms with Crippen LogP contribution in [0.5, 0.6) is 0 Å². The maximum absolute atomic E-state index is 10.8. The standard InChI is InChI=1S/C13H15NO2S/c1-13(2,9-14)6-7-17-11-5-3-4-10(8-11)12(15)16/h3-5,8H,6-7H2,1-2H3,(H,15,16). The Morgan fingerprint density at radius 3 is 2.82 bits per heavy atom. The molecule has 4 heteroatoms. The highest BCUT2D eigenvalue weighted by Gasteiger charge is 2.16. The number of rotatable bonds is 5. The third-order valence-electron chi connectivity index (χ3n) is 2.38. The smallest absolute Gasteiger partial charge is 0.335 e. The van der Waals surface area contributed by atoms with E-state index in [4.69, 9.17) is 10.4 Å². The van der Waals surface area contributed by atoms with Crippen LogP contribution in [0.2, 0.25) is 0 Å². The second-order valence-corrected chi connectivity index (χ2v) is 5.60. The highest BCUT2D eigenvalue weighted by atomic mass is 32.2. The van der Waals surface area contributed by atoms with Gasteiger partial charge in [0.1, 0.15) is 0 Å². The molecule has 1 N–H and O–H groups in total. The van der Waals surface area contributed by atoms with Gasteiger partial charge in [-0.1, -0.05) is 6.07 Å². The van der Waals surface area contributed by atoms with Crippen molar-refractivity contribution in [3.05, 3.63) is 29.8 Å². The number of carboxylic acids is 1. The van der Waals surface area contributed by atoms with E-state index in [-0.39, 0.29) is 5.41 Å². The summed E-state index contributed by atoms with van der Waals surface area (Å²) < 4.78 is 0. The van der Waals surface area contributed by atoms with Crippen LogP contribution in [0.25, 0.3) is 0 Å². The van der Waals surface area contributed by atoms with Crippen LogP contribution in [0.15, 0.2) is 29.2 Å². The molecule has 0 amide bonds. The van der Waals surface area contributed by atoms with Gasteiger partial charge in [-0.2, -0.15) is 5.26 Å². The molecule has 3 nitrogen and oxygen atoms in total. The summed E-state index contributed by atoms with van der Waals surface area (Å²) in [6, 6.07) is 9.11. The molecular formula is C13H15NO2S. The molecule has 0 aliphatic carbocycles. The second kappa shape index (κ2) is 5.74. The van der Waals surface area contributed by atoms with Gasteiger partial charge in [-0.05, 0) is 44.2 Å². The van der Waals surface area contributed by atoms with E-state index in [9.17, 15) is 4.79 Å². The molecule has 0 fully saturated rings. The lowest BCUT2D eigenvalue weighted by Gasteiger charge is -2.14. The van der Waals surface area contributed by atoms with Crippen LogP contribution in [-0.4, -0.2) is 16.8 Å². The molecule has 90 valence electrons. The van der Waals surface area contributed by atoms with Crippen molar-refractivity contribution in [3.63, 3.8) is 0 Å². The SMILES string of the molecule is CC(C)(C#N)CCSc1cccc(C(=O)O)c1. The summed E-state index contributed by atoms with van der Waals surface area (Å²) in [7, 11) is 0. The molecule has 0 saturated carbocycles. The maximum Gasteiger partial charge on any atom is 0.335 e. The summed E-state index contributed by atoms with van der Waals surface area (Å²) in [5.74, 6) is -0.103. The highest BCUT2D eigenvalue weighted by Crippen LogP contribution is 2.26. The minimum Gasteiger partial charge on any atom is -0.478 e. The van der Waals surface area contributed by atoms with Gasteiger partial charge in [0, 0.05) is 4.90 Å². The number of carboxylic acid groups (broad SMARTS) is 1. The number of carbonyl (C=O) groups is 1. The molecule has 0 unspecified atom stereocenters. The number of benzene rings is 1. The van der Waals surface area contributed by atoms with Crippen molar-refractivity contribution in [2.24, 2.45) is 5.41 Å². The lowest BCUT2D eigenvalue weighted by molar-refractivity contribution is 0.0696. The van der Waals surface area contributed by atoms with Gasteiger partial charge < -0.3 is 5.11 Å². The summed E-state index contributed by atoms with van der Waals surface area (Å²) in [6.07, 6.45) is 0.783. The number of nitrogens with zero attached hydrogens (tertiary/aromatic N) is 1. The molecule has 0 bridgehead atoms. The van der Waals surface area contributed by atoms with Gasteiger partial charge in [-0.15, -0.1) is 11.8 Å². The molecule has 1 rings (SSSR count). The Balaban J connectivity index is 2.56. The van der Waals surface area contributed by atoms with Crippen molar-refractivity contribution in [1.82, 2.24) is 0 Å². The molecule has 0 aliphatic rings. The zero-order valence-electron chi connectivity index (χ0n) is 9.93. The van der Waals surface area contributed by atoms with Crippen molar-refractivity contribution >= 4 is 17.7 Å². The molecule has 0 aromatic heterocycles. The zero-order valence-corrected chi connectivity index (χ0v) is 10.8. The Hall–Kier alpha value is -1.47. The van der Waals surface area contributed by atoms with Crippen LogP contribution in [0.3, 0.4) is 0 Å². The molecule has 0 aliphatic heterocycles. The van der Waals surface area contributed by atoms with E-state index in [1.54, 1.807) is 30.0 Å². The first-order chi connectivity index (χ1) is 7.94. The van der Waals surface area contributed by atoms with E-state index < -0.39 is 5.97 Å². The summed E-state index contributed by atoms with van der Waals surface area (Å²) in [4.78, 5) is 11.7. The number of hydrogen-bond donors (Lipinski definition) is 1. The first-order valence-electron chi connectivity index (χ1n) is 5.32. The molecule has 0 spiro atoms. The van der Waals surface area contributed by atoms with E-state index in [0.29, 0.717) is 5.56 Å². The van der Waals surface area contributed by atoms with Gasteiger partial charge in [0.25, 0.3) is 0 Å². The normalized spacial score (nSPS) is 10.9. The Labute approximate surface area is 105 Å². The fourth-order valence-corrected chi connectivity index (χ4v) is 2.43. The zero-order chi connectivity index (χ0) is 12.9. The quantitative estimate of drug-likeness (QED) is 0.812. The van der Waals surface area contributed by atoms with Gasteiger partial charge >= 0.3 is 5.97 Å². The average Bonchev–Trinajstić information content (AvgIpc) is 2.29. The van der Waals surface area contributed by atoms with Crippen molar-refractivity contribution in [2.45, 2.75) is 25.2 Å². The molecule has 17 heavy (non-hydrogen) atoms. The minimum absolute atomic E-state index is 0.301. The van der Waals surface area contributed by atoms with E-state index >= 15 is 0 Å². The van der Waals surface area contributed by atoms with Gasteiger partial charge in [-0.3, -0.25) is 0 Å². The highest BCUT2D eigenvalue weighted by molar-refractivity contribution is 7.99. The van der Waals surface area contributed by atoms with Crippen LogP contribution in [0.1, 0.15) is 30.6 Å². The lowest BCUT2D eigenvalue weighted by atomic mass is 9.93. The molecule has 0 radical (unpaired) electrons. The van der Waals surface area contributed by atoms with Crippen LogP contribution in [-0.2, 0) is 0 Å². The van der Waals surface area contributed by atoms with Crippen LogP contribution in [0, 0.1) is 16.7 Å². The van der Waals surface area contributed by atoms with Gasteiger partial charge in [0.2, 0.25) is 0 Å². The molecule has 1 aromatic rings. The summed E-state index contributed by atoms with van der Waals surface area (Å²) in [5, 5.41) is 17.7. The van der Waals surface area contributed by atoms with Crippen molar-refractivity contribution < 1.29 is 9.90 Å². The van der Waals surface area contributed by atoms with Gasteiger partial charge in [0.05, 0.1) is 17.0 Å². The Kier molecular flexibility index (Phi) is 4.59. The molecule has 0 saturated heterocycles. The third kappa shape index (κ3) is 4.49. The van der Waals surface area contributed by atoms with Crippen LogP contribution >= 0.6 is 11.8 Å². The van der Waals surface area contributed by atoms with Crippen molar-refractivity contribution in [3.8, 4) is 6.07 Å². The summed E-state index contributed by atoms with van der Waals surface area (Å²) in [5.41, 5.74) is -0.0215. The first kappa shape index (κ1) is 13.6. The largest absolute Gasteiger partial charge is 0.478 e. The number of nitriles is 1. The van der Waals surface area contributed by atoms with E-state index in [0.717, 1.165) is 17.1 Å². The van der Waals surface area contributed by atoms with Crippen LogP contribution in [0.4, 0.5) is 0 Å². The average molecular weight is 249 g/mol. The molecule has 0 heterocycles. The fourth-order valence-electron chi connectivity index (χ4n) is 1.20. The van der Waals surface area contributed by atoms with E-state index in [2.05, 4.69) is 6.07 Å². The minimum atomic E-state index is -0.912. The molecular weight excluding hydrogens is 234 g/mol. The Morgan fingerprint density at radius 1 is 1.53 bits per heavy atom. The number of thioether (sulfide) groups is 1. The Morgan fingerprint density at radius 2 is 2.24 bits per heavy atom. The van der Waals surface area contributed by atoms with E-state index in [1.807, 2.05) is 19.9 Å². The van der Waals surface area contributed by atoms with Crippen molar-refractivity contribution in [2.75, 3.05) is 5.75 Å². The third-order valence-corrected chi connectivity index (χ3v) is 3.37. The van der Waals surface area contributed by atoms with Crippen LogP contribution < -0.4 is 0 Å². The fraction of sp³-hybridized carbons (Fsp3) is 0.385. The summed E-state index contributed by atoms with van der Waals surface area (Å²) in [6.45, 7) is 3.81. The molecule has 0 atom stereocenters. The topological polar surface area (TPSA) is 61.1 Å². The monoisotopic (exact) mass is 249 g/mol. The predicted octanol–water partition coefficient (Wildman–Crippen LogP) is 3.42. The first-order valence-corrected chi connectivity index (χ1v) is 6.30. The predicted molar refractivity (Wildman–Crippen MR) is 68.1 cm³/mol. The van der Waals surface area contributed by atoms with E-state index in [1.165, 1.54) is 0 Å². The van der Waals surface area contributed by atoms with Gasteiger partial charge in [-0.25, -0.2) is 4.79 Å². The Bertz CT molecular complexity index is 449. The number of aromatic carboxylic acids is 1. The summed E-state index contributed by atoms with van der Waals surface area (Å²) >= 11 is 1.58. The van der Waals surface area contributed by atoms with Crippen molar-refractivity contribution in [1.29, 1.82) is 5.26 Å². The maximum atomic E-state index is 10.8. The van der Waals surface area contributed by atoms with Gasteiger partial charge in [0.15, 0.2) is 0 Å². The lowest BCUT2D eigenvalue weighted by Crippen LogP contribution is -2.08. The second-order valence-electron chi connectivity index (χ2n) is 4.43.